The van der Waals surface area contributed by atoms with E-state index < -0.39 is 0 Å². The lowest BCUT2D eigenvalue weighted by atomic mass is 9.90. The molecule has 0 radical (unpaired) electrons. The van der Waals surface area contributed by atoms with Gasteiger partial charge in [-0.1, -0.05) is 6.08 Å². The van der Waals surface area contributed by atoms with Crippen LogP contribution in [0.25, 0.3) is 0 Å². The second-order valence-electron chi connectivity index (χ2n) is 9.45. The van der Waals surface area contributed by atoms with Gasteiger partial charge >= 0.3 is 0 Å². The van der Waals surface area contributed by atoms with Crippen LogP contribution < -0.4 is 5.32 Å². The highest BCUT2D eigenvalue weighted by Gasteiger charge is 2.55. The van der Waals surface area contributed by atoms with Crippen LogP contribution in [0.5, 0.6) is 0 Å². The van der Waals surface area contributed by atoms with Gasteiger partial charge in [-0.25, -0.2) is 0 Å². The largest absolute Gasteiger partial charge is 0.478 e. The van der Waals surface area contributed by atoms with E-state index in [9.17, 15) is 9.59 Å². The van der Waals surface area contributed by atoms with E-state index >= 15 is 0 Å². The van der Waals surface area contributed by atoms with Gasteiger partial charge in [-0.3, -0.25) is 19.5 Å². The van der Waals surface area contributed by atoms with Crippen LogP contribution in [0, 0.1) is 17.3 Å². The van der Waals surface area contributed by atoms with Crippen molar-refractivity contribution < 1.29 is 19.1 Å². The first-order valence-electron chi connectivity index (χ1n) is 11.5. The summed E-state index contributed by atoms with van der Waals surface area (Å²) in [6.45, 7) is 7.42. The molecule has 8 nitrogen and oxygen atoms in total. The van der Waals surface area contributed by atoms with Gasteiger partial charge in [0.1, 0.15) is 6.10 Å². The van der Waals surface area contributed by atoms with Crippen LogP contribution in [-0.2, 0) is 19.1 Å². The van der Waals surface area contributed by atoms with Crippen LogP contribution in [0.15, 0.2) is 29.1 Å². The van der Waals surface area contributed by atoms with Crippen LogP contribution in [-0.4, -0.2) is 85.9 Å². The van der Waals surface area contributed by atoms with Gasteiger partial charge in [0.2, 0.25) is 5.91 Å². The fraction of sp³-hybridized carbons (Fsp3) is 0.696. The second-order valence-corrected chi connectivity index (χ2v) is 9.45. The number of amides is 2. The van der Waals surface area contributed by atoms with Gasteiger partial charge in [0.25, 0.3) is 5.91 Å². The maximum Gasteiger partial charge on any atom is 0.286 e. The van der Waals surface area contributed by atoms with Crippen molar-refractivity contribution in [1.29, 1.82) is 0 Å². The summed E-state index contributed by atoms with van der Waals surface area (Å²) in [5.41, 5.74) is 0.292. The number of carbonyl (C=O) groups is 2. The number of rotatable bonds is 5. The van der Waals surface area contributed by atoms with E-state index in [2.05, 4.69) is 15.2 Å². The Hall–Kier alpha value is -2.19. The molecule has 4 atom stereocenters. The van der Waals surface area contributed by atoms with Crippen molar-refractivity contribution in [2.45, 2.75) is 38.3 Å². The third-order valence-corrected chi connectivity index (χ3v) is 7.73. The van der Waals surface area contributed by atoms with Gasteiger partial charge in [-0.15, -0.1) is 0 Å². The van der Waals surface area contributed by atoms with Crippen molar-refractivity contribution >= 4 is 18.0 Å². The first-order chi connectivity index (χ1) is 15.1. The molecule has 168 valence electrons. The number of nitrogens with zero attached hydrogens (tertiary/aromatic N) is 3. The number of fused-ring (bicyclic) bond motifs is 1. The Bertz CT molecular complexity index is 808. The fourth-order valence-electron chi connectivity index (χ4n) is 5.44. The summed E-state index contributed by atoms with van der Waals surface area (Å²) in [6.07, 6.45) is 10.4. The fourth-order valence-corrected chi connectivity index (χ4v) is 5.44. The Morgan fingerprint density at radius 1 is 1.26 bits per heavy atom. The number of nitrogens with one attached hydrogen (secondary N) is 1. The topological polar surface area (TPSA) is 83.5 Å². The van der Waals surface area contributed by atoms with Crippen molar-refractivity contribution in [3.63, 3.8) is 0 Å². The van der Waals surface area contributed by atoms with Crippen LogP contribution in [0.2, 0.25) is 0 Å². The smallest absolute Gasteiger partial charge is 0.286 e. The van der Waals surface area contributed by atoms with Crippen molar-refractivity contribution in [2.24, 2.45) is 22.2 Å². The predicted molar refractivity (Wildman–Crippen MR) is 115 cm³/mol. The SMILES string of the molecule is CC(C(=O)N1CCC2(CC1)CC2CNC(=O)C1=CC2C=CN=CC2O1)N1CCOCC1. The first-order valence-corrected chi connectivity index (χ1v) is 11.5. The lowest BCUT2D eigenvalue weighted by Crippen LogP contribution is -2.52. The van der Waals surface area contributed by atoms with E-state index in [1.54, 1.807) is 12.4 Å². The van der Waals surface area contributed by atoms with E-state index in [1.165, 1.54) is 0 Å². The summed E-state index contributed by atoms with van der Waals surface area (Å²) in [5.74, 6) is 1.11. The van der Waals surface area contributed by atoms with Gasteiger partial charge in [-0.05, 0) is 43.6 Å². The number of ether oxygens (including phenoxy) is 2. The van der Waals surface area contributed by atoms with Crippen LogP contribution in [0.1, 0.15) is 26.2 Å². The number of hydrogen-bond acceptors (Lipinski definition) is 6. The highest BCUT2D eigenvalue weighted by atomic mass is 16.5. The highest BCUT2D eigenvalue weighted by molar-refractivity contribution is 5.92. The minimum absolute atomic E-state index is 0.0736. The third kappa shape index (κ3) is 4.15. The molecule has 1 aliphatic carbocycles. The third-order valence-electron chi connectivity index (χ3n) is 7.73. The van der Waals surface area contributed by atoms with Gasteiger partial charge in [0.05, 0.1) is 19.3 Å². The van der Waals surface area contributed by atoms with Gasteiger partial charge < -0.3 is 19.7 Å². The van der Waals surface area contributed by atoms with E-state index in [1.807, 2.05) is 24.0 Å². The molecule has 8 heteroatoms. The highest BCUT2D eigenvalue weighted by Crippen LogP contribution is 2.59. The normalized spacial score (nSPS) is 32.2. The van der Waals surface area contributed by atoms with Crippen molar-refractivity contribution in [3.05, 3.63) is 24.1 Å². The number of morpholine rings is 1. The van der Waals surface area contributed by atoms with Crippen molar-refractivity contribution in [1.82, 2.24) is 15.1 Å². The molecular formula is C23H32N4O4. The Kier molecular flexibility index (Phi) is 5.60. The lowest BCUT2D eigenvalue weighted by molar-refractivity contribution is -0.139. The summed E-state index contributed by atoms with van der Waals surface area (Å²) in [5, 5.41) is 3.06. The van der Waals surface area contributed by atoms with Crippen LogP contribution >= 0.6 is 0 Å². The first kappa shape index (κ1) is 20.7. The number of hydrogen-bond donors (Lipinski definition) is 1. The summed E-state index contributed by atoms with van der Waals surface area (Å²) < 4.78 is 11.1. The molecule has 1 spiro atoms. The number of likely N-dealkylation sites (tertiary alicyclic amines) is 1. The molecule has 4 heterocycles. The minimum atomic E-state index is -0.153. The molecule has 4 aliphatic heterocycles. The molecule has 0 aromatic rings. The molecule has 5 aliphatic rings. The summed E-state index contributed by atoms with van der Waals surface area (Å²) in [6, 6.07) is -0.0736. The van der Waals surface area contributed by atoms with Crippen molar-refractivity contribution in [2.75, 3.05) is 45.9 Å². The average molecular weight is 429 g/mol. The van der Waals surface area contributed by atoms with Gasteiger partial charge in [-0.2, -0.15) is 0 Å². The monoisotopic (exact) mass is 428 g/mol. The quantitative estimate of drug-likeness (QED) is 0.705. The molecule has 1 saturated carbocycles. The molecule has 0 bridgehead atoms. The number of piperidine rings is 1. The molecule has 2 saturated heterocycles. The standard InChI is InChI=1S/C23H32N4O4/c1-16(26-8-10-30-11-9-26)22(29)27-6-3-23(4-7-27)13-18(23)14-25-21(28)19-12-17-2-5-24-15-20(17)31-19/h2,5,12,15-18,20H,3-4,6-11,13-14H2,1H3,(H,25,28). The molecule has 0 aromatic carbocycles. The maximum absolute atomic E-state index is 12.9. The number of aliphatic imine (C=N–C) groups is 1. The molecule has 0 aromatic heterocycles. The van der Waals surface area contributed by atoms with E-state index in [-0.39, 0.29) is 29.9 Å². The Labute approximate surface area is 183 Å². The Morgan fingerprint density at radius 2 is 2.03 bits per heavy atom. The zero-order chi connectivity index (χ0) is 21.4. The Morgan fingerprint density at radius 3 is 2.77 bits per heavy atom. The molecule has 31 heavy (non-hydrogen) atoms. The summed E-state index contributed by atoms with van der Waals surface area (Å²) >= 11 is 0. The second kappa shape index (κ2) is 8.39. The molecule has 5 rings (SSSR count). The van der Waals surface area contributed by atoms with E-state index in [4.69, 9.17) is 9.47 Å². The van der Waals surface area contributed by atoms with E-state index in [0.29, 0.717) is 36.9 Å². The zero-order valence-corrected chi connectivity index (χ0v) is 18.2. The summed E-state index contributed by atoms with van der Waals surface area (Å²) in [4.78, 5) is 33.8. The lowest BCUT2D eigenvalue weighted by Gasteiger charge is -2.38. The molecule has 3 fully saturated rings. The van der Waals surface area contributed by atoms with Gasteiger partial charge in [0, 0.05) is 51.1 Å². The summed E-state index contributed by atoms with van der Waals surface area (Å²) in [7, 11) is 0. The predicted octanol–water partition coefficient (Wildman–Crippen LogP) is 0.949. The minimum Gasteiger partial charge on any atom is -0.478 e. The van der Waals surface area contributed by atoms with Crippen molar-refractivity contribution in [3.8, 4) is 0 Å². The molecule has 4 unspecified atom stereocenters. The van der Waals surface area contributed by atoms with Gasteiger partial charge in [0.15, 0.2) is 5.76 Å². The van der Waals surface area contributed by atoms with E-state index in [0.717, 1.165) is 45.4 Å². The Balaban J connectivity index is 1.06. The van der Waals surface area contributed by atoms with Crippen LogP contribution in [0.3, 0.4) is 0 Å². The average Bonchev–Trinajstić information content (AvgIpc) is 3.28. The molecule has 2 amide bonds. The zero-order valence-electron chi connectivity index (χ0n) is 18.2. The number of carbonyl (C=O) groups excluding carboxylic acids is 2. The van der Waals surface area contributed by atoms with Crippen LogP contribution in [0.4, 0.5) is 0 Å². The molecular weight excluding hydrogens is 396 g/mol. The maximum atomic E-state index is 12.9. The molecule has 1 N–H and O–H groups in total.